The van der Waals surface area contributed by atoms with Gasteiger partial charge in [-0.3, -0.25) is 4.79 Å². The number of rotatable bonds is 4. The molecular formula is C11H15N5OS. The third-order valence-electron chi connectivity index (χ3n) is 3.11. The number of hydrogen-bond donors (Lipinski definition) is 2. The topological polar surface area (TPSA) is 75.6 Å². The molecule has 0 saturated carbocycles. The van der Waals surface area contributed by atoms with Gasteiger partial charge in [0.1, 0.15) is 11.6 Å². The predicted octanol–water partition coefficient (Wildman–Crippen LogP) is 0.654. The lowest BCUT2D eigenvalue weighted by atomic mass is 10.2. The van der Waals surface area contributed by atoms with Crippen LogP contribution in [0.2, 0.25) is 0 Å². The van der Waals surface area contributed by atoms with E-state index in [-0.39, 0.29) is 4.87 Å². The van der Waals surface area contributed by atoms with E-state index in [1.54, 1.807) is 0 Å². The van der Waals surface area contributed by atoms with Crippen LogP contribution in [0, 0.1) is 0 Å². The van der Waals surface area contributed by atoms with Crippen LogP contribution in [-0.2, 0) is 26.1 Å². The van der Waals surface area contributed by atoms with Gasteiger partial charge in [-0.2, -0.15) is 0 Å². The van der Waals surface area contributed by atoms with Crippen molar-refractivity contribution >= 4 is 11.3 Å². The Morgan fingerprint density at radius 2 is 2.33 bits per heavy atom. The lowest BCUT2D eigenvalue weighted by molar-refractivity contribution is 0.497. The van der Waals surface area contributed by atoms with Crippen molar-refractivity contribution in [3.63, 3.8) is 0 Å². The standard InChI is InChI=1S/C11H15N5OS/c17-11-13-8(7-18-11)5-12-6-10-15-14-9-3-1-2-4-16(9)10/h7,12H,1-6H2,(H,13,17). The van der Waals surface area contributed by atoms with E-state index in [0.717, 1.165) is 30.3 Å². The number of aryl methyl sites for hydroxylation is 1. The molecule has 0 bridgehead atoms. The molecule has 2 aromatic heterocycles. The van der Waals surface area contributed by atoms with E-state index in [1.807, 2.05) is 5.38 Å². The maximum Gasteiger partial charge on any atom is 0.304 e. The Bertz CT molecular complexity index is 584. The Labute approximate surface area is 108 Å². The molecule has 0 saturated heterocycles. The second-order valence-corrected chi connectivity index (χ2v) is 5.26. The van der Waals surface area contributed by atoms with Gasteiger partial charge in [0.15, 0.2) is 0 Å². The number of nitrogens with one attached hydrogen (secondary N) is 2. The summed E-state index contributed by atoms with van der Waals surface area (Å²) in [7, 11) is 0. The molecule has 0 spiro atoms. The van der Waals surface area contributed by atoms with Gasteiger partial charge in [-0.05, 0) is 12.8 Å². The minimum Gasteiger partial charge on any atom is -0.315 e. The highest BCUT2D eigenvalue weighted by Crippen LogP contribution is 2.13. The summed E-state index contributed by atoms with van der Waals surface area (Å²) in [4.78, 5) is 13.8. The van der Waals surface area contributed by atoms with Crippen molar-refractivity contribution in [2.75, 3.05) is 0 Å². The SMILES string of the molecule is O=c1[nH]c(CNCc2nnc3n2CCCC3)cs1. The number of H-pyrrole nitrogens is 1. The molecular weight excluding hydrogens is 250 g/mol. The van der Waals surface area contributed by atoms with E-state index < -0.39 is 0 Å². The monoisotopic (exact) mass is 265 g/mol. The number of fused-ring (bicyclic) bond motifs is 1. The smallest absolute Gasteiger partial charge is 0.304 e. The Kier molecular flexibility index (Phi) is 3.24. The average molecular weight is 265 g/mol. The first kappa shape index (κ1) is 11.6. The molecule has 1 aliphatic heterocycles. The Hall–Kier alpha value is -1.47. The molecule has 2 aromatic rings. The van der Waals surface area contributed by atoms with Gasteiger partial charge in [0, 0.05) is 30.6 Å². The second kappa shape index (κ2) is 5.03. The Morgan fingerprint density at radius 3 is 3.17 bits per heavy atom. The minimum absolute atomic E-state index is 0.00772. The van der Waals surface area contributed by atoms with Gasteiger partial charge in [-0.25, -0.2) is 0 Å². The molecule has 2 N–H and O–H groups in total. The number of aromatic nitrogens is 4. The van der Waals surface area contributed by atoms with Crippen LogP contribution in [-0.4, -0.2) is 19.7 Å². The minimum atomic E-state index is -0.00772. The van der Waals surface area contributed by atoms with E-state index in [1.165, 1.54) is 24.2 Å². The fourth-order valence-corrected chi connectivity index (χ4v) is 2.79. The third kappa shape index (κ3) is 2.37. The molecule has 1 aliphatic rings. The van der Waals surface area contributed by atoms with Crippen molar-refractivity contribution in [1.29, 1.82) is 0 Å². The lowest BCUT2D eigenvalue weighted by Gasteiger charge is -2.14. The quantitative estimate of drug-likeness (QED) is 0.851. The molecule has 3 rings (SSSR count). The van der Waals surface area contributed by atoms with Crippen molar-refractivity contribution in [2.45, 2.75) is 38.9 Å². The first-order valence-electron chi connectivity index (χ1n) is 6.11. The molecule has 0 fully saturated rings. The third-order valence-corrected chi connectivity index (χ3v) is 3.82. The first-order chi connectivity index (χ1) is 8.83. The fraction of sp³-hybridized carbons (Fsp3) is 0.545. The molecule has 0 unspecified atom stereocenters. The van der Waals surface area contributed by atoms with Crippen LogP contribution in [0.15, 0.2) is 10.2 Å². The average Bonchev–Trinajstić information content (AvgIpc) is 2.97. The second-order valence-electron chi connectivity index (χ2n) is 4.42. The van der Waals surface area contributed by atoms with Gasteiger partial charge >= 0.3 is 4.87 Å². The largest absolute Gasteiger partial charge is 0.315 e. The van der Waals surface area contributed by atoms with E-state index in [2.05, 4.69) is 25.1 Å². The molecule has 96 valence electrons. The van der Waals surface area contributed by atoms with Crippen LogP contribution < -0.4 is 10.2 Å². The van der Waals surface area contributed by atoms with Gasteiger partial charge < -0.3 is 14.9 Å². The van der Waals surface area contributed by atoms with Crippen LogP contribution in [0.5, 0.6) is 0 Å². The van der Waals surface area contributed by atoms with E-state index in [4.69, 9.17) is 0 Å². The summed E-state index contributed by atoms with van der Waals surface area (Å²) in [6.45, 7) is 2.36. The summed E-state index contributed by atoms with van der Waals surface area (Å²) >= 11 is 1.19. The zero-order valence-corrected chi connectivity index (χ0v) is 10.8. The zero-order chi connectivity index (χ0) is 12.4. The van der Waals surface area contributed by atoms with Crippen molar-refractivity contribution in [2.24, 2.45) is 0 Å². The summed E-state index contributed by atoms with van der Waals surface area (Å²) in [5.74, 6) is 2.09. The zero-order valence-electron chi connectivity index (χ0n) is 9.98. The van der Waals surface area contributed by atoms with E-state index >= 15 is 0 Å². The molecule has 0 radical (unpaired) electrons. The molecule has 0 aliphatic carbocycles. The number of nitrogens with zero attached hydrogens (tertiary/aromatic N) is 3. The van der Waals surface area contributed by atoms with Crippen molar-refractivity contribution in [1.82, 2.24) is 25.1 Å². The van der Waals surface area contributed by atoms with Gasteiger partial charge in [0.2, 0.25) is 0 Å². The molecule has 0 aromatic carbocycles. The molecule has 3 heterocycles. The Morgan fingerprint density at radius 1 is 1.39 bits per heavy atom. The maximum absolute atomic E-state index is 11.0. The van der Waals surface area contributed by atoms with Gasteiger partial charge in [-0.1, -0.05) is 11.3 Å². The van der Waals surface area contributed by atoms with Crippen LogP contribution in [0.25, 0.3) is 0 Å². The summed E-state index contributed by atoms with van der Waals surface area (Å²) in [6, 6.07) is 0. The first-order valence-corrected chi connectivity index (χ1v) is 6.99. The van der Waals surface area contributed by atoms with Crippen molar-refractivity contribution < 1.29 is 0 Å². The van der Waals surface area contributed by atoms with Crippen LogP contribution >= 0.6 is 11.3 Å². The summed E-state index contributed by atoms with van der Waals surface area (Å²) in [5, 5.41) is 13.5. The fourth-order valence-electron chi connectivity index (χ4n) is 2.21. The number of thiazole rings is 1. The summed E-state index contributed by atoms with van der Waals surface area (Å²) in [6.07, 6.45) is 3.45. The van der Waals surface area contributed by atoms with E-state index in [9.17, 15) is 4.79 Å². The normalized spacial score (nSPS) is 14.7. The highest BCUT2D eigenvalue weighted by molar-refractivity contribution is 7.07. The van der Waals surface area contributed by atoms with Crippen LogP contribution in [0.3, 0.4) is 0 Å². The molecule has 18 heavy (non-hydrogen) atoms. The molecule has 6 nitrogen and oxygen atoms in total. The predicted molar refractivity (Wildman–Crippen MR) is 68.4 cm³/mol. The maximum atomic E-state index is 11.0. The molecule has 0 atom stereocenters. The molecule has 7 heteroatoms. The van der Waals surface area contributed by atoms with E-state index in [0.29, 0.717) is 13.1 Å². The van der Waals surface area contributed by atoms with Crippen LogP contribution in [0.4, 0.5) is 0 Å². The highest BCUT2D eigenvalue weighted by Gasteiger charge is 2.14. The van der Waals surface area contributed by atoms with Crippen LogP contribution in [0.1, 0.15) is 30.2 Å². The lowest BCUT2D eigenvalue weighted by Crippen LogP contribution is -2.19. The molecule has 0 amide bonds. The highest BCUT2D eigenvalue weighted by atomic mass is 32.1. The van der Waals surface area contributed by atoms with Crippen molar-refractivity contribution in [3.8, 4) is 0 Å². The number of aromatic amines is 1. The summed E-state index contributed by atoms with van der Waals surface area (Å²) < 4.78 is 2.20. The van der Waals surface area contributed by atoms with Gasteiger partial charge in [-0.15, -0.1) is 10.2 Å². The number of hydrogen-bond acceptors (Lipinski definition) is 5. The van der Waals surface area contributed by atoms with Gasteiger partial charge in [0.25, 0.3) is 0 Å². The van der Waals surface area contributed by atoms with Gasteiger partial charge in [0.05, 0.1) is 6.54 Å². The van der Waals surface area contributed by atoms with Crippen molar-refractivity contribution in [3.05, 3.63) is 32.4 Å². The Balaban J connectivity index is 1.60. The summed E-state index contributed by atoms with van der Waals surface area (Å²) in [5.41, 5.74) is 0.920.